The van der Waals surface area contributed by atoms with Crippen molar-refractivity contribution in [3.63, 3.8) is 0 Å². The predicted octanol–water partition coefficient (Wildman–Crippen LogP) is 3.38. The Morgan fingerprint density at radius 2 is 2.14 bits per heavy atom. The maximum absolute atomic E-state index is 13.9. The molecule has 1 amide bonds. The molecule has 5 heteroatoms. The number of hydrogen-bond donors (Lipinski definition) is 0. The molecule has 3 rings (SSSR count). The van der Waals surface area contributed by atoms with E-state index < -0.39 is 11.6 Å². The van der Waals surface area contributed by atoms with E-state index in [1.165, 1.54) is 12.3 Å². The molecule has 2 heterocycles. The van der Waals surface area contributed by atoms with Crippen LogP contribution in [0.1, 0.15) is 34.7 Å². The first-order valence-electron chi connectivity index (χ1n) is 7.29. The van der Waals surface area contributed by atoms with E-state index in [1.54, 1.807) is 23.2 Å². The van der Waals surface area contributed by atoms with Crippen molar-refractivity contribution in [1.82, 2.24) is 9.88 Å². The Labute approximate surface area is 127 Å². The first-order valence-corrected chi connectivity index (χ1v) is 7.29. The summed E-state index contributed by atoms with van der Waals surface area (Å²) in [4.78, 5) is 18.1. The lowest BCUT2D eigenvalue weighted by molar-refractivity contribution is 0.0705. The van der Waals surface area contributed by atoms with E-state index in [-0.39, 0.29) is 11.8 Å². The second kappa shape index (κ2) is 6.22. The van der Waals surface area contributed by atoms with Gasteiger partial charge in [-0.15, -0.1) is 0 Å². The Kier molecular flexibility index (Phi) is 4.13. The average molecular weight is 302 g/mol. The van der Waals surface area contributed by atoms with Crippen molar-refractivity contribution in [3.05, 3.63) is 65.5 Å². The molecule has 0 radical (unpaired) electrons. The summed E-state index contributed by atoms with van der Waals surface area (Å²) in [6.07, 6.45) is 4.65. The Morgan fingerprint density at radius 3 is 2.91 bits per heavy atom. The summed E-state index contributed by atoms with van der Waals surface area (Å²) in [5, 5.41) is 0. The largest absolute Gasteiger partial charge is 0.338 e. The van der Waals surface area contributed by atoms with Crippen molar-refractivity contribution >= 4 is 5.91 Å². The predicted molar refractivity (Wildman–Crippen MR) is 78.5 cm³/mol. The summed E-state index contributed by atoms with van der Waals surface area (Å²) in [5.41, 5.74) is 0.867. The molecular weight excluding hydrogens is 286 g/mol. The summed E-state index contributed by atoms with van der Waals surface area (Å²) >= 11 is 0. The smallest absolute Gasteiger partial charge is 0.255 e. The van der Waals surface area contributed by atoms with Crippen LogP contribution in [-0.2, 0) is 0 Å². The quantitative estimate of drug-likeness (QED) is 0.852. The fourth-order valence-electron chi connectivity index (χ4n) is 2.91. The normalized spacial score (nSPS) is 18.3. The van der Waals surface area contributed by atoms with E-state index in [0.29, 0.717) is 24.2 Å². The van der Waals surface area contributed by atoms with E-state index in [1.807, 2.05) is 0 Å². The molecule has 2 aromatic rings. The number of carbonyl (C=O) groups is 1. The van der Waals surface area contributed by atoms with E-state index in [4.69, 9.17) is 0 Å². The van der Waals surface area contributed by atoms with E-state index in [0.717, 1.165) is 25.0 Å². The van der Waals surface area contributed by atoms with Crippen LogP contribution in [0.2, 0.25) is 0 Å². The highest BCUT2D eigenvalue weighted by Crippen LogP contribution is 2.29. The topological polar surface area (TPSA) is 33.2 Å². The molecule has 0 N–H and O–H groups in total. The van der Waals surface area contributed by atoms with Gasteiger partial charge in [-0.1, -0.05) is 0 Å². The maximum Gasteiger partial charge on any atom is 0.255 e. The molecule has 1 aliphatic heterocycles. The van der Waals surface area contributed by atoms with Crippen molar-refractivity contribution < 1.29 is 13.6 Å². The Bertz CT molecular complexity index is 676. The van der Waals surface area contributed by atoms with Gasteiger partial charge >= 0.3 is 0 Å². The molecule has 1 unspecified atom stereocenters. The molecule has 1 atom stereocenters. The third-order valence-electron chi connectivity index (χ3n) is 4.01. The zero-order valence-electron chi connectivity index (χ0n) is 12.0. The van der Waals surface area contributed by atoms with Crippen LogP contribution in [0.4, 0.5) is 8.78 Å². The van der Waals surface area contributed by atoms with Crippen molar-refractivity contribution in [2.24, 2.45) is 0 Å². The molecular formula is C17H16F2N2O. The van der Waals surface area contributed by atoms with E-state index in [9.17, 15) is 13.6 Å². The number of rotatable bonds is 2. The molecule has 3 nitrogen and oxygen atoms in total. The van der Waals surface area contributed by atoms with Gasteiger partial charge in [0.15, 0.2) is 0 Å². The number of amides is 1. The molecule has 0 aliphatic carbocycles. The van der Waals surface area contributed by atoms with E-state index in [2.05, 4.69) is 4.98 Å². The highest BCUT2D eigenvalue weighted by Gasteiger charge is 2.27. The zero-order chi connectivity index (χ0) is 15.5. The van der Waals surface area contributed by atoms with Gasteiger partial charge in [-0.05, 0) is 48.7 Å². The fourth-order valence-corrected chi connectivity index (χ4v) is 2.91. The van der Waals surface area contributed by atoms with Crippen molar-refractivity contribution in [1.29, 1.82) is 0 Å². The Morgan fingerprint density at radius 1 is 1.27 bits per heavy atom. The molecule has 0 saturated carbocycles. The maximum atomic E-state index is 13.9. The van der Waals surface area contributed by atoms with Gasteiger partial charge in [0.05, 0.1) is 5.56 Å². The van der Waals surface area contributed by atoms with Gasteiger partial charge in [-0.2, -0.15) is 0 Å². The number of aromatic nitrogens is 1. The summed E-state index contributed by atoms with van der Waals surface area (Å²) in [7, 11) is 0. The lowest BCUT2D eigenvalue weighted by atomic mass is 9.90. The van der Waals surface area contributed by atoms with Gasteiger partial charge in [0.25, 0.3) is 5.91 Å². The lowest BCUT2D eigenvalue weighted by Crippen LogP contribution is -2.39. The van der Waals surface area contributed by atoms with Crippen molar-refractivity contribution in [3.8, 4) is 0 Å². The standard InChI is InChI=1S/C17H16F2N2O/c18-14-5-6-16(19)15(9-14)13-4-2-8-21(11-13)17(22)12-3-1-7-20-10-12/h1,3,5-7,9-10,13H,2,4,8,11H2. The SMILES string of the molecule is O=C(c1cccnc1)N1CCCC(c2cc(F)ccc2F)C1. The van der Waals surface area contributed by atoms with Crippen LogP contribution in [0.3, 0.4) is 0 Å². The molecule has 1 aromatic heterocycles. The molecule has 22 heavy (non-hydrogen) atoms. The second-order valence-corrected chi connectivity index (χ2v) is 5.50. The van der Waals surface area contributed by atoms with Gasteiger partial charge in [-0.3, -0.25) is 9.78 Å². The van der Waals surface area contributed by atoms with Gasteiger partial charge < -0.3 is 4.90 Å². The average Bonchev–Trinajstić information content (AvgIpc) is 2.57. The number of nitrogens with zero attached hydrogens (tertiary/aromatic N) is 2. The fraction of sp³-hybridized carbons (Fsp3) is 0.294. The van der Waals surface area contributed by atoms with Crippen LogP contribution in [0.5, 0.6) is 0 Å². The van der Waals surface area contributed by atoms with E-state index >= 15 is 0 Å². The van der Waals surface area contributed by atoms with Crippen molar-refractivity contribution in [2.45, 2.75) is 18.8 Å². The zero-order valence-corrected chi connectivity index (χ0v) is 12.0. The number of halogens is 2. The van der Waals surface area contributed by atoms with Gasteiger partial charge in [0.2, 0.25) is 0 Å². The number of pyridine rings is 1. The summed E-state index contributed by atoms with van der Waals surface area (Å²) in [6, 6.07) is 6.91. The van der Waals surface area contributed by atoms with Crippen LogP contribution >= 0.6 is 0 Å². The Balaban J connectivity index is 1.80. The number of hydrogen-bond acceptors (Lipinski definition) is 2. The van der Waals surface area contributed by atoms with Crippen LogP contribution in [-0.4, -0.2) is 28.9 Å². The molecule has 1 saturated heterocycles. The molecule has 1 aromatic carbocycles. The monoisotopic (exact) mass is 302 g/mol. The molecule has 0 spiro atoms. The van der Waals surface area contributed by atoms with Gasteiger partial charge in [-0.25, -0.2) is 8.78 Å². The number of benzene rings is 1. The van der Waals surface area contributed by atoms with Crippen LogP contribution in [0, 0.1) is 11.6 Å². The third-order valence-corrected chi connectivity index (χ3v) is 4.01. The third kappa shape index (κ3) is 2.98. The highest BCUT2D eigenvalue weighted by molar-refractivity contribution is 5.94. The molecule has 114 valence electrons. The first-order chi connectivity index (χ1) is 10.6. The minimum atomic E-state index is -0.452. The first kappa shape index (κ1) is 14.6. The molecule has 1 fully saturated rings. The molecule has 0 bridgehead atoms. The summed E-state index contributed by atoms with van der Waals surface area (Å²) in [6.45, 7) is 1.02. The molecule has 1 aliphatic rings. The number of piperidine rings is 1. The summed E-state index contributed by atoms with van der Waals surface area (Å²) < 4.78 is 27.3. The van der Waals surface area contributed by atoms with Gasteiger partial charge in [0.1, 0.15) is 11.6 Å². The summed E-state index contributed by atoms with van der Waals surface area (Å²) in [5.74, 6) is -1.16. The van der Waals surface area contributed by atoms with Crippen LogP contribution in [0.25, 0.3) is 0 Å². The Hall–Kier alpha value is -2.30. The second-order valence-electron chi connectivity index (χ2n) is 5.50. The van der Waals surface area contributed by atoms with Gasteiger partial charge in [0, 0.05) is 31.4 Å². The van der Waals surface area contributed by atoms with Crippen LogP contribution < -0.4 is 0 Å². The number of carbonyl (C=O) groups excluding carboxylic acids is 1. The van der Waals surface area contributed by atoms with Crippen LogP contribution in [0.15, 0.2) is 42.7 Å². The number of likely N-dealkylation sites (tertiary alicyclic amines) is 1. The van der Waals surface area contributed by atoms with Crippen molar-refractivity contribution in [2.75, 3.05) is 13.1 Å². The highest BCUT2D eigenvalue weighted by atomic mass is 19.1. The minimum absolute atomic E-state index is 0.116. The minimum Gasteiger partial charge on any atom is -0.338 e. The lowest BCUT2D eigenvalue weighted by Gasteiger charge is -2.33.